The number of likely N-dealkylation sites (tertiary alicyclic amines) is 3. The first-order valence-electron chi connectivity index (χ1n) is 20.9. The van der Waals surface area contributed by atoms with Gasteiger partial charge >= 0.3 is 0 Å². The molecule has 4 bridgehead atoms. The quantitative estimate of drug-likeness (QED) is 0.238. The van der Waals surface area contributed by atoms with Crippen LogP contribution >= 0.6 is 0 Å². The predicted octanol–water partition coefficient (Wildman–Crippen LogP) is 4.62. The molecule has 5 unspecified atom stereocenters. The van der Waals surface area contributed by atoms with Crippen molar-refractivity contribution in [3.05, 3.63) is 37.6 Å². The molecule has 0 aromatic heterocycles. The Hall–Kier alpha value is -3.20. The van der Waals surface area contributed by atoms with Gasteiger partial charge in [0.2, 0.25) is 17.7 Å². The van der Waals surface area contributed by atoms with E-state index >= 15 is 0 Å². The van der Waals surface area contributed by atoms with E-state index in [1.165, 1.54) is 25.0 Å². The van der Waals surface area contributed by atoms with Crippen LogP contribution in [0.1, 0.15) is 105 Å². The molecule has 0 aromatic rings. The van der Waals surface area contributed by atoms with Crippen molar-refractivity contribution in [1.29, 1.82) is 5.26 Å². The van der Waals surface area contributed by atoms with Crippen LogP contribution in [-0.4, -0.2) is 158 Å². The molecule has 6 rings (SSSR count). The maximum atomic E-state index is 13.4. The number of fused-ring (bicyclic) bond motifs is 4. The molecule has 0 aliphatic carbocycles. The third kappa shape index (κ3) is 8.46. The van der Waals surface area contributed by atoms with E-state index in [4.69, 9.17) is 0 Å². The summed E-state index contributed by atoms with van der Waals surface area (Å²) in [5.74, 6) is 0.123. The zero-order chi connectivity index (χ0) is 38.8. The second-order valence-corrected chi connectivity index (χ2v) is 18.7. The summed E-state index contributed by atoms with van der Waals surface area (Å²) in [4.78, 5) is 55.1. The van der Waals surface area contributed by atoms with Gasteiger partial charge in [-0.25, -0.2) is 0 Å². The molecule has 54 heavy (non-hydrogen) atoms. The predicted molar refractivity (Wildman–Crippen MR) is 213 cm³/mol. The summed E-state index contributed by atoms with van der Waals surface area (Å²) in [6.45, 7) is 27.0. The van der Waals surface area contributed by atoms with Crippen LogP contribution in [0.4, 0.5) is 0 Å². The van der Waals surface area contributed by atoms with E-state index in [-0.39, 0.29) is 52.5 Å². The first-order chi connectivity index (χ1) is 25.7. The Morgan fingerprint density at radius 2 is 1.24 bits per heavy atom. The van der Waals surface area contributed by atoms with Gasteiger partial charge in [0, 0.05) is 112 Å². The highest BCUT2D eigenvalue weighted by Gasteiger charge is 2.51. The minimum absolute atomic E-state index is 0.0149. The number of nitriles is 1. The molecule has 6 saturated heterocycles. The van der Waals surface area contributed by atoms with Crippen LogP contribution in [0.5, 0.6) is 0 Å². The topological polar surface area (TPSA) is 97.7 Å². The number of amides is 3. The maximum absolute atomic E-state index is 13.4. The summed E-state index contributed by atoms with van der Waals surface area (Å²) in [5.41, 5.74) is -0.234. The molecule has 6 aliphatic heterocycles. The van der Waals surface area contributed by atoms with Crippen molar-refractivity contribution in [2.24, 2.45) is 0 Å². The Bertz CT molecular complexity index is 1450. The van der Waals surface area contributed by atoms with Gasteiger partial charge in [-0.2, -0.15) is 5.26 Å². The van der Waals surface area contributed by atoms with Gasteiger partial charge in [0.15, 0.2) is 0 Å². The molecule has 6 fully saturated rings. The lowest BCUT2D eigenvalue weighted by Gasteiger charge is -2.54. The fourth-order valence-corrected chi connectivity index (χ4v) is 10.9. The van der Waals surface area contributed by atoms with E-state index in [1.54, 1.807) is 6.08 Å². The monoisotopic (exact) mass is 745 g/mol. The van der Waals surface area contributed by atoms with Gasteiger partial charge in [-0.05, 0) is 111 Å². The van der Waals surface area contributed by atoms with Crippen LogP contribution < -0.4 is 0 Å². The standard InChI is InChI=1S/C43H68N8O3/c1-8-38(52)46-28-36-14-15-37(29-46)51(36)43(7,21-19-42(5,6)48-31-34-12-13-35(32-48)50(34)39(53)9-2)20-18-41(3,4)47-26-27-49(33(30-47)16-22-44)40(54)17-25-45-23-10-11-24-45/h8-9,17,25,33-37H,1-2,10-16,18-21,23-24,26-32H2,3-7H3/b25-17+/t33-,34?,35?,36?,37?,43?/m0/s1. The number of hydrogen-bond donors (Lipinski definition) is 0. The van der Waals surface area contributed by atoms with Crippen LogP contribution in [0, 0.1) is 11.3 Å². The summed E-state index contributed by atoms with van der Waals surface area (Å²) in [6, 6.07) is 3.42. The summed E-state index contributed by atoms with van der Waals surface area (Å²) < 4.78 is 0. The number of hydrogen-bond acceptors (Lipinski definition) is 8. The van der Waals surface area contributed by atoms with Crippen LogP contribution in [0.15, 0.2) is 37.6 Å². The smallest absolute Gasteiger partial charge is 0.248 e. The van der Waals surface area contributed by atoms with E-state index in [0.29, 0.717) is 31.6 Å². The first-order valence-corrected chi connectivity index (χ1v) is 20.9. The fraction of sp³-hybridized carbons (Fsp3) is 0.767. The summed E-state index contributed by atoms with van der Waals surface area (Å²) in [7, 11) is 0. The third-order valence-corrected chi connectivity index (χ3v) is 14.4. The van der Waals surface area contributed by atoms with Crippen molar-refractivity contribution in [2.75, 3.05) is 58.9 Å². The van der Waals surface area contributed by atoms with E-state index in [9.17, 15) is 19.6 Å². The molecule has 0 saturated carbocycles. The molecular formula is C43H68N8O3. The van der Waals surface area contributed by atoms with Gasteiger partial charge in [-0.3, -0.25) is 29.1 Å². The van der Waals surface area contributed by atoms with Crippen molar-refractivity contribution in [1.82, 2.24) is 34.3 Å². The maximum Gasteiger partial charge on any atom is 0.248 e. The molecule has 6 atom stereocenters. The van der Waals surface area contributed by atoms with E-state index in [1.807, 2.05) is 16.0 Å². The Kier molecular flexibility index (Phi) is 12.4. The number of nitrogens with zero attached hydrogens (tertiary/aromatic N) is 8. The molecule has 6 aliphatic rings. The molecule has 0 radical (unpaired) electrons. The van der Waals surface area contributed by atoms with Gasteiger partial charge in [0.25, 0.3) is 0 Å². The normalized spacial score (nSPS) is 29.4. The second-order valence-electron chi connectivity index (χ2n) is 18.7. The second kappa shape index (κ2) is 16.5. The van der Waals surface area contributed by atoms with E-state index < -0.39 is 0 Å². The highest BCUT2D eigenvalue weighted by atomic mass is 16.2. The molecule has 0 spiro atoms. The molecule has 298 valence electrons. The van der Waals surface area contributed by atoms with Crippen molar-refractivity contribution >= 4 is 17.7 Å². The third-order valence-electron chi connectivity index (χ3n) is 14.4. The van der Waals surface area contributed by atoms with Gasteiger partial charge in [0.1, 0.15) is 0 Å². The number of carbonyl (C=O) groups excluding carboxylic acids is 3. The Balaban J connectivity index is 1.16. The SMILES string of the molecule is C=CC(=O)N1CC2CCC(C1)N2C(C)(CCC(C)(C)N1CC2CCC(C1)N2C(=O)C=C)CCC(C)(C)N1CCN(C(=O)/C=C/N2CCCC2)[C@@H](CC#N)C1. The molecule has 6 heterocycles. The molecule has 11 nitrogen and oxygen atoms in total. The van der Waals surface area contributed by atoms with Crippen LogP contribution in [0.25, 0.3) is 0 Å². The molecule has 0 N–H and O–H groups in total. The molecule has 11 heteroatoms. The fourth-order valence-electron chi connectivity index (χ4n) is 10.9. The summed E-state index contributed by atoms with van der Waals surface area (Å²) >= 11 is 0. The van der Waals surface area contributed by atoms with Crippen molar-refractivity contribution in [2.45, 2.75) is 152 Å². The average Bonchev–Trinajstić information content (AvgIpc) is 3.85. The first kappa shape index (κ1) is 40.5. The van der Waals surface area contributed by atoms with Gasteiger partial charge < -0.3 is 19.6 Å². The number of piperazine rings is 3. The highest BCUT2D eigenvalue weighted by molar-refractivity contribution is 5.88. The lowest BCUT2D eigenvalue weighted by Crippen LogP contribution is -2.64. The average molecular weight is 745 g/mol. The van der Waals surface area contributed by atoms with Crippen molar-refractivity contribution in [3.63, 3.8) is 0 Å². The summed E-state index contributed by atoms with van der Waals surface area (Å²) in [5, 5.41) is 9.80. The molecular weight excluding hydrogens is 677 g/mol. The number of rotatable bonds is 14. The lowest BCUT2D eigenvalue weighted by molar-refractivity contribution is -0.134. The van der Waals surface area contributed by atoms with E-state index in [2.05, 4.69) is 78.3 Å². The van der Waals surface area contributed by atoms with Crippen LogP contribution in [0.3, 0.4) is 0 Å². The van der Waals surface area contributed by atoms with Crippen molar-refractivity contribution in [3.8, 4) is 6.07 Å². The van der Waals surface area contributed by atoms with Crippen molar-refractivity contribution < 1.29 is 14.4 Å². The Morgan fingerprint density at radius 1 is 0.685 bits per heavy atom. The summed E-state index contributed by atoms with van der Waals surface area (Å²) in [6.07, 6.45) is 17.7. The van der Waals surface area contributed by atoms with Gasteiger partial charge in [0.05, 0.1) is 18.5 Å². The zero-order valence-electron chi connectivity index (χ0n) is 34.1. The Labute approximate surface area is 325 Å². The highest BCUT2D eigenvalue weighted by Crippen LogP contribution is 2.44. The van der Waals surface area contributed by atoms with E-state index in [0.717, 1.165) is 97.2 Å². The van der Waals surface area contributed by atoms with Crippen LogP contribution in [0.2, 0.25) is 0 Å². The van der Waals surface area contributed by atoms with Gasteiger partial charge in [-0.15, -0.1) is 0 Å². The van der Waals surface area contributed by atoms with Gasteiger partial charge in [-0.1, -0.05) is 13.2 Å². The molecule has 0 aromatic carbocycles. The van der Waals surface area contributed by atoms with Crippen LogP contribution in [-0.2, 0) is 14.4 Å². The largest absolute Gasteiger partial charge is 0.377 e. The minimum atomic E-state index is -0.130. The number of carbonyl (C=O) groups is 3. The minimum Gasteiger partial charge on any atom is -0.377 e. The zero-order valence-corrected chi connectivity index (χ0v) is 34.1. The Morgan fingerprint density at radius 3 is 1.80 bits per heavy atom. The lowest BCUT2D eigenvalue weighted by atomic mass is 9.78. The molecule has 3 amide bonds.